The summed E-state index contributed by atoms with van der Waals surface area (Å²) in [7, 11) is 1.86. The average Bonchev–Trinajstić information content (AvgIpc) is 2.13. The number of amides is 2. The van der Waals surface area contributed by atoms with E-state index in [0.717, 1.165) is 0 Å². The highest BCUT2D eigenvalue weighted by Crippen LogP contribution is 2.39. The minimum absolute atomic E-state index is 0.0246. The average molecular weight is 208 g/mol. The van der Waals surface area contributed by atoms with E-state index in [9.17, 15) is 4.79 Å². The van der Waals surface area contributed by atoms with E-state index in [2.05, 4.69) is 32.2 Å². The molecule has 84 valence electrons. The lowest BCUT2D eigenvalue weighted by Crippen LogP contribution is -2.60. The highest BCUT2D eigenvalue weighted by Gasteiger charge is 2.42. The maximum Gasteiger partial charge on any atom is 0.321 e. The number of nitrogens with one attached hydrogen (secondary N) is 1. The summed E-state index contributed by atoms with van der Waals surface area (Å²) in [5.41, 5.74) is 1.11. The van der Waals surface area contributed by atoms with Gasteiger partial charge in [0.2, 0.25) is 0 Å². The van der Waals surface area contributed by atoms with Crippen LogP contribution in [0.25, 0.3) is 0 Å². The zero-order chi connectivity index (χ0) is 11.2. The van der Waals surface area contributed by atoms with E-state index in [4.69, 9.17) is 0 Å². The lowest BCUT2D eigenvalue weighted by molar-refractivity contribution is 0.147. The zero-order valence-electron chi connectivity index (χ0n) is 10.0. The van der Waals surface area contributed by atoms with Crippen LogP contribution in [0.2, 0.25) is 0 Å². The summed E-state index contributed by atoms with van der Waals surface area (Å²) in [6.45, 7) is 6.45. The topological polar surface area (TPSA) is 32.3 Å². The van der Waals surface area contributed by atoms with Crippen LogP contribution in [-0.2, 0) is 0 Å². The van der Waals surface area contributed by atoms with E-state index in [0.29, 0.717) is 11.8 Å². The highest BCUT2D eigenvalue weighted by atomic mass is 16.2. The second kappa shape index (κ2) is 3.26. The van der Waals surface area contributed by atoms with Crippen molar-refractivity contribution < 1.29 is 4.79 Å². The second-order valence-corrected chi connectivity index (χ2v) is 5.41. The fourth-order valence-electron chi connectivity index (χ4n) is 2.71. The van der Waals surface area contributed by atoms with Crippen molar-refractivity contribution in [3.8, 4) is 0 Å². The molecule has 2 aliphatic rings. The number of hydrogen-bond donors (Lipinski definition) is 1. The molecule has 3 heteroatoms. The van der Waals surface area contributed by atoms with Gasteiger partial charge in [-0.1, -0.05) is 13.0 Å². The molecule has 2 atom stereocenters. The third kappa shape index (κ3) is 1.64. The van der Waals surface area contributed by atoms with E-state index in [1.54, 1.807) is 4.90 Å². The van der Waals surface area contributed by atoms with Gasteiger partial charge in [0.1, 0.15) is 0 Å². The number of urea groups is 1. The molecule has 1 fully saturated rings. The van der Waals surface area contributed by atoms with Gasteiger partial charge in [-0.3, -0.25) is 0 Å². The number of carbonyl (C=O) groups is 1. The molecule has 0 aromatic rings. The van der Waals surface area contributed by atoms with Gasteiger partial charge < -0.3 is 10.2 Å². The van der Waals surface area contributed by atoms with Crippen LogP contribution in [0.3, 0.4) is 0 Å². The van der Waals surface area contributed by atoms with Crippen molar-refractivity contribution in [2.24, 2.45) is 11.8 Å². The molecule has 0 aromatic heterocycles. The molecule has 1 aliphatic carbocycles. The van der Waals surface area contributed by atoms with Crippen LogP contribution in [0.4, 0.5) is 4.79 Å². The van der Waals surface area contributed by atoms with Crippen molar-refractivity contribution >= 4 is 6.03 Å². The van der Waals surface area contributed by atoms with Crippen LogP contribution in [0.15, 0.2) is 11.8 Å². The normalized spacial score (nSPS) is 34.3. The Bertz CT molecular complexity index is 320. The van der Waals surface area contributed by atoms with Crippen LogP contribution in [0.1, 0.15) is 33.6 Å². The van der Waals surface area contributed by atoms with Crippen molar-refractivity contribution in [3.63, 3.8) is 0 Å². The summed E-state index contributed by atoms with van der Waals surface area (Å²) in [6, 6.07) is 0.0246. The predicted octanol–water partition coefficient (Wildman–Crippen LogP) is 2.35. The van der Waals surface area contributed by atoms with Crippen molar-refractivity contribution in [1.29, 1.82) is 0 Å². The fourth-order valence-corrected chi connectivity index (χ4v) is 2.71. The minimum atomic E-state index is -0.102. The number of hydrogen-bond acceptors (Lipinski definition) is 1. The summed E-state index contributed by atoms with van der Waals surface area (Å²) < 4.78 is 0. The second-order valence-electron chi connectivity index (χ2n) is 5.41. The lowest BCUT2D eigenvalue weighted by atomic mass is 9.74. The van der Waals surface area contributed by atoms with E-state index in [-0.39, 0.29) is 11.6 Å². The van der Waals surface area contributed by atoms with Gasteiger partial charge in [-0.15, -0.1) is 0 Å². The van der Waals surface area contributed by atoms with Gasteiger partial charge in [0, 0.05) is 24.2 Å². The van der Waals surface area contributed by atoms with Crippen molar-refractivity contribution in [2.75, 3.05) is 7.05 Å². The maximum atomic E-state index is 11.7. The Balaban J connectivity index is 2.38. The first-order valence-corrected chi connectivity index (χ1v) is 5.69. The fraction of sp³-hybridized carbons (Fsp3) is 0.750. The SMILES string of the molecule is C[C@H]1C=C2C(CC1)C(C)(C)NC(=O)N2C. The van der Waals surface area contributed by atoms with E-state index < -0.39 is 0 Å². The van der Waals surface area contributed by atoms with Crippen LogP contribution in [0.5, 0.6) is 0 Å². The van der Waals surface area contributed by atoms with E-state index in [1.807, 2.05) is 7.05 Å². The Labute approximate surface area is 91.5 Å². The van der Waals surface area contributed by atoms with Crippen LogP contribution in [0, 0.1) is 11.8 Å². The molecule has 1 N–H and O–H groups in total. The van der Waals surface area contributed by atoms with Crippen molar-refractivity contribution in [1.82, 2.24) is 10.2 Å². The molecule has 1 saturated heterocycles. The van der Waals surface area contributed by atoms with Gasteiger partial charge in [0.25, 0.3) is 0 Å². The summed E-state index contributed by atoms with van der Waals surface area (Å²) in [6.07, 6.45) is 4.65. The summed E-state index contributed by atoms with van der Waals surface area (Å²) in [4.78, 5) is 13.5. The van der Waals surface area contributed by atoms with Crippen molar-refractivity contribution in [2.45, 2.75) is 39.2 Å². The molecule has 2 amide bonds. The van der Waals surface area contributed by atoms with E-state index >= 15 is 0 Å². The van der Waals surface area contributed by atoms with Gasteiger partial charge in [0.15, 0.2) is 0 Å². The highest BCUT2D eigenvalue weighted by molar-refractivity contribution is 5.78. The number of fused-ring (bicyclic) bond motifs is 1. The molecule has 1 heterocycles. The van der Waals surface area contributed by atoms with Crippen LogP contribution < -0.4 is 5.32 Å². The van der Waals surface area contributed by atoms with Gasteiger partial charge in [-0.05, 0) is 32.6 Å². The first kappa shape index (κ1) is 10.5. The van der Waals surface area contributed by atoms with Gasteiger partial charge in [-0.25, -0.2) is 4.79 Å². The molecule has 0 radical (unpaired) electrons. The Morgan fingerprint density at radius 2 is 2.13 bits per heavy atom. The molecule has 0 saturated carbocycles. The monoisotopic (exact) mass is 208 g/mol. The number of nitrogens with zero attached hydrogens (tertiary/aromatic N) is 1. The van der Waals surface area contributed by atoms with E-state index in [1.165, 1.54) is 18.5 Å². The number of allylic oxidation sites excluding steroid dienone is 1. The molecule has 15 heavy (non-hydrogen) atoms. The molecule has 3 nitrogen and oxygen atoms in total. The zero-order valence-corrected chi connectivity index (χ0v) is 10.0. The van der Waals surface area contributed by atoms with Gasteiger partial charge in [0.05, 0.1) is 0 Å². The number of rotatable bonds is 0. The predicted molar refractivity (Wildman–Crippen MR) is 60.3 cm³/mol. The largest absolute Gasteiger partial charge is 0.332 e. The minimum Gasteiger partial charge on any atom is -0.332 e. The Kier molecular flexibility index (Phi) is 2.28. The van der Waals surface area contributed by atoms with Gasteiger partial charge in [-0.2, -0.15) is 0 Å². The Morgan fingerprint density at radius 1 is 1.47 bits per heavy atom. The molecule has 1 unspecified atom stereocenters. The summed E-state index contributed by atoms with van der Waals surface area (Å²) in [5, 5.41) is 3.07. The first-order valence-electron chi connectivity index (χ1n) is 5.69. The Hall–Kier alpha value is -0.990. The molecule has 0 aromatic carbocycles. The maximum absolute atomic E-state index is 11.7. The standard InChI is InChI=1S/C12H20N2O/c1-8-5-6-9-10(7-8)14(4)11(15)13-12(9,2)3/h7-9H,5-6H2,1-4H3,(H,13,15)/t8-,9?/m1/s1. The Morgan fingerprint density at radius 3 is 2.80 bits per heavy atom. The first-order chi connectivity index (χ1) is 6.92. The molecular formula is C12H20N2O. The van der Waals surface area contributed by atoms with Crippen LogP contribution in [-0.4, -0.2) is 23.5 Å². The third-order valence-electron chi connectivity index (χ3n) is 3.72. The quantitative estimate of drug-likeness (QED) is 0.651. The van der Waals surface area contributed by atoms with Gasteiger partial charge >= 0.3 is 6.03 Å². The molecular weight excluding hydrogens is 188 g/mol. The lowest BCUT2D eigenvalue weighted by Gasteiger charge is -2.47. The molecule has 0 bridgehead atoms. The summed E-state index contributed by atoms with van der Waals surface area (Å²) in [5.74, 6) is 1.07. The molecule has 1 aliphatic heterocycles. The smallest absolute Gasteiger partial charge is 0.321 e. The molecule has 2 rings (SSSR count). The third-order valence-corrected chi connectivity index (χ3v) is 3.72. The van der Waals surface area contributed by atoms with Crippen LogP contribution >= 0.6 is 0 Å². The van der Waals surface area contributed by atoms with Crippen molar-refractivity contribution in [3.05, 3.63) is 11.8 Å². The summed E-state index contributed by atoms with van der Waals surface area (Å²) >= 11 is 0. The number of carbonyl (C=O) groups excluding carboxylic acids is 1. The molecule has 0 spiro atoms.